The van der Waals surface area contributed by atoms with E-state index in [0.29, 0.717) is 26.1 Å². The molecule has 14 heteroatoms. The molecule has 0 radical (unpaired) electrons. The summed E-state index contributed by atoms with van der Waals surface area (Å²) in [6.45, 7) is 8.71. The lowest BCUT2D eigenvalue weighted by Gasteiger charge is -2.10. The molecule has 0 spiro atoms. The number of carbonyl (C=O) groups excluding carboxylic acids is 2. The van der Waals surface area contributed by atoms with Crippen LogP contribution in [-0.4, -0.2) is 48.7 Å². The zero-order valence-electron chi connectivity index (χ0n) is 23.8. The predicted octanol–water partition coefficient (Wildman–Crippen LogP) is 8.94. The summed E-state index contributed by atoms with van der Waals surface area (Å²) < 4.78 is 18.5. The Labute approximate surface area is 300 Å². The van der Waals surface area contributed by atoms with Crippen molar-refractivity contribution in [1.82, 2.24) is 20.2 Å². The van der Waals surface area contributed by atoms with E-state index < -0.39 is 0 Å². The van der Waals surface area contributed by atoms with Crippen LogP contribution in [0.25, 0.3) is 21.8 Å². The highest BCUT2D eigenvalue weighted by Gasteiger charge is 2.22. The van der Waals surface area contributed by atoms with Gasteiger partial charge in [-0.2, -0.15) is 0 Å². The number of hydrogen-bond donors (Lipinski definition) is 3. The summed E-state index contributed by atoms with van der Waals surface area (Å²) >= 11 is 21.5. The minimum atomic E-state index is -0.0321. The second-order valence-electron chi connectivity index (χ2n) is 9.28. The quantitative estimate of drug-likeness (QED) is 0.138. The molecule has 0 unspecified atom stereocenters. The first-order valence-electron chi connectivity index (χ1n) is 12.9. The second-order valence-corrected chi connectivity index (χ2v) is 14.1. The van der Waals surface area contributed by atoms with Gasteiger partial charge in [0.15, 0.2) is 0 Å². The van der Waals surface area contributed by atoms with Crippen molar-refractivity contribution in [2.45, 2.75) is 33.2 Å². The number of aromatic amines is 1. The molecule has 4 rings (SSSR count). The zero-order chi connectivity index (χ0) is 32.0. The van der Waals surface area contributed by atoms with Crippen LogP contribution in [0.2, 0.25) is 0 Å². The first-order valence-corrected chi connectivity index (χ1v) is 17.7. The van der Waals surface area contributed by atoms with Gasteiger partial charge in [0.05, 0.1) is 46.8 Å². The molecular formula is C29H30Br6N4O4. The minimum Gasteiger partial charge on any atom is -0.494 e. The Kier molecular flexibility index (Phi) is 13.7. The lowest BCUT2D eigenvalue weighted by atomic mass is 10.1. The van der Waals surface area contributed by atoms with Gasteiger partial charge >= 0.3 is 0 Å². The van der Waals surface area contributed by atoms with E-state index in [4.69, 9.17) is 9.47 Å². The number of allylic oxidation sites excluding steroid dienone is 1. The largest absolute Gasteiger partial charge is 0.494 e. The molecular weight excluding hydrogens is 948 g/mol. The standard InChI is InChI=1S/C16H17Br3N2O2.C13H13Br3N2O2/c1-4-7-21-12-8-11(17)15(23-3)14(18)13(12)10(16(21)19)5-6-20-9(2)22;1-6(19)17-4-3-7-10-9(18-13(7)16)5-8(14)12(20-2)11(10)15/h4,8H,1,5-7H2,2-3H3,(H,20,22);5,18H,3-4H2,1-2H3,(H,17,19). The van der Waals surface area contributed by atoms with Crippen molar-refractivity contribution >= 4 is 129 Å². The number of carbonyl (C=O) groups is 2. The molecule has 0 bridgehead atoms. The number of amides is 2. The third-order valence-electron chi connectivity index (χ3n) is 6.44. The van der Waals surface area contributed by atoms with Gasteiger partial charge in [-0.25, -0.2) is 0 Å². The SMILES string of the molecule is C=CCn1c(Br)c(CCNC(C)=O)c2c(Br)c(OC)c(Br)cc21.COc1c(Br)cc2[nH]c(Br)c(CCNC(C)=O)c2c1Br. The van der Waals surface area contributed by atoms with Crippen LogP contribution in [0.5, 0.6) is 11.5 Å². The van der Waals surface area contributed by atoms with Gasteiger partial charge < -0.3 is 29.7 Å². The van der Waals surface area contributed by atoms with E-state index in [9.17, 15) is 9.59 Å². The molecule has 2 amide bonds. The van der Waals surface area contributed by atoms with Gasteiger partial charge in [-0.1, -0.05) is 6.08 Å². The maximum Gasteiger partial charge on any atom is 0.216 e. The number of ether oxygens (including phenoxy) is 2. The average Bonchev–Trinajstić information content (AvgIpc) is 3.38. The van der Waals surface area contributed by atoms with Crippen molar-refractivity contribution in [1.29, 1.82) is 0 Å². The monoisotopic (exact) mass is 972 g/mol. The Balaban J connectivity index is 0.000000238. The number of methoxy groups -OCH3 is 2. The van der Waals surface area contributed by atoms with Gasteiger partial charge in [-0.3, -0.25) is 9.59 Å². The van der Waals surface area contributed by atoms with Crippen LogP contribution in [0.15, 0.2) is 51.9 Å². The molecule has 232 valence electrons. The van der Waals surface area contributed by atoms with Crippen LogP contribution in [-0.2, 0) is 29.0 Å². The van der Waals surface area contributed by atoms with E-state index in [0.717, 1.165) is 77.9 Å². The van der Waals surface area contributed by atoms with Gasteiger partial charge in [0, 0.05) is 49.8 Å². The molecule has 0 aliphatic heterocycles. The van der Waals surface area contributed by atoms with E-state index >= 15 is 0 Å². The number of hydrogen-bond acceptors (Lipinski definition) is 4. The van der Waals surface area contributed by atoms with Crippen LogP contribution in [0.1, 0.15) is 25.0 Å². The van der Waals surface area contributed by atoms with Crippen molar-refractivity contribution in [3.05, 3.63) is 63.0 Å². The fraction of sp³-hybridized carbons (Fsp3) is 0.310. The fourth-order valence-corrected chi connectivity index (χ4v) is 9.32. The third-order valence-corrected chi connectivity index (χ3v) is 10.7. The summed E-state index contributed by atoms with van der Waals surface area (Å²) in [5.74, 6) is 1.45. The van der Waals surface area contributed by atoms with E-state index in [2.05, 4.69) is 122 Å². The molecule has 0 fully saturated rings. The molecule has 0 saturated carbocycles. The maximum absolute atomic E-state index is 11.1. The maximum atomic E-state index is 11.1. The molecule has 2 heterocycles. The number of benzene rings is 2. The van der Waals surface area contributed by atoms with Crippen LogP contribution in [0, 0.1) is 0 Å². The van der Waals surface area contributed by atoms with Crippen LogP contribution in [0.4, 0.5) is 0 Å². The number of nitrogens with one attached hydrogen (secondary N) is 3. The van der Waals surface area contributed by atoms with Gasteiger partial charge in [0.25, 0.3) is 0 Å². The highest BCUT2D eigenvalue weighted by molar-refractivity contribution is 9.11. The second kappa shape index (κ2) is 16.3. The third kappa shape index (κ3) is 8.29. The number of H-pyrrole nitrogens is 1. The molecule has 3 N–H and O–H groups in total. The van der Waals surface area contributed by atoms with Gasteiger partial charge in [0.2, 0.25) is 11.8 Å². The topological polar surface area (TPSA) is 97.4 Å². The van der Waals surface area contributed by atoms with E-state index in [-0.39, 0.29) is 11.8 Å². The zero-order valence-corrected chi connectivity index (χ0v) is 33.3. The number of aromatic nitrogens is 2. The minimum absolute atomic E-state index is 0.0274. The molecule has 0 saturated heterocycles. The fourth-order valence-electron chi connectivity index (χ4n) is 4.63. The molecule has 2 aromatic carbocycles. The summed E-state index contributed by atoms with van der Waals surface area (Å²) in [5.41, 5.74) is 4.28. The normalized spacial score (nSPS) is 10.8. The lowest BCUT2D eigenvalue weighted by Crippen LogP contribution is -2.22. The predicted molar refractivity (Wildman–Crippen MR) is 195 cm³/mol. The number of rotatable bonds is 10. The van der Waals surface area contributed by atoms with Crippen molar-refractivity contribution in [3.8, 4) is 11.5 Å². The Bertz CT molecular complexity index is 1680. The smallest absolute Gasteiger partial charge is 0.216 e. The van der Waals surface area contributed by atoms with E-state index in [1.165, 1.54) is 13.8 Å². The highest BCUT2D eigenvalue weighted by Crippen LogP contribution is 2.45. The van der Waals surface area contributed by atoms with Crippen molar-refractivity contribution < 1.29 is 19.1 Å². The molecule has 0 atom stereocenters. The Hall–Kier alpha value is -1.32. The first kappa shape index (κ1) is 36.2. The average molecular weight is 978 g/mol. The Morgan fingerprint density at radius 1 is 0.860 bits per heavy atom. The summed E-state index contributed by atoms with van der Waals surface area (Å²) in [6.07, 6.45) is 3.29. The van der Waals surface area contributed by atoms with Gasteiger partial charge in [-0.15, -0.1) is 6.58 Å². The number of fused-ring (bicyclic) bond motifs is 2. The van der Waals surface area contributed by atoms with Crippen LogP contribution >= 0.6 is 95.6 Å². The Morgan fingerprint density at radius 3 is 1.88 bits per heavy atom. The van der Waals surface area contributed by atoms with Crippen molar-refractivity contribution in [3.63, 3.8) is 0 Å². The van der Waals surface area contributed by atoms with Crippen molar-refractivity contribution in [2.75, 3.05) is 27.3 Å². The van der Waals surface area contributed by atoms with Crippen molar-refractivity contribution in [2.24, 2.45) is 0 Å². The molecule has 0 aliphatic rings. The summed E-state index contributed by atoms with van der Waals surface area (Å²) in [6, 6.07) is 4.01. The summed E-state index contributed by atoms with van der Waals surface area (Å²) in [4.78, 5) is 25.4. The summed E-state index contributed by atoms with van der Waals surface area (Å²) in [5, 5.41) is 7.78. The number of halogens is 6. The Morgan fingerprint density at radius 2 is 1.37 bits per heavy atom. The summed E-state index contributed by atoms with van der Waals surface area (Å²) in [7, 11) is 3.28. The molecule has 2 aromatic heterocycles. The molecule has 0 aliphatic carbocycles. The molecule has 4 aromatic rings. The van der Waals surface area contributed by atoms with Gasteiger partial charge in [0.1, 0.15) is 11.5 Å². The molecule has 43 heavy (non-hydrogen) atoms. The van der Waals surface area contributed by atoms with Gasteiger partial charge in [-0.05, 0) is 132 Å². The highest BCUT2D eigenvalue weighted by atomic mass is 79.9. The lowest BCUT2D eigenvalue weighted by molar-refractivity contribution is -0.119. The molecule has 8 nitrogen and oxygen atoms in total. The number of nitrogens with zero attached hydrogens (tertiary/aromatic N) is 1. The van der Waals surface area contributed by atoms with E-state index in [1.54, 1.807) is 14.2 Å². The first-order chi connectivity index (χ1) is 20.4. The van der Waals surface area contributed by atoms with E-state index in [1.807, 2.05) is 18.2 Å². The van der Waals surface area contributed by atoms with Crippen LogP contribution < -0.4 is 20.1 Å². The van der Waals surface area contributed by atoms with Crippen LogP contribution in [0.3, 0.4) is 0 Å².